The molecule has 1 saturated heterocycles. The van der Waals surface area contributed by atoms with E-state index in [4.69, 9.17) is 16.9 Å². The molecule has 0 spiro atoms. The van der Waals surface area contributed by atoms with Crippen LogP contribution in [0.4, 0.5) is 5.69 Å². The Morgan fingerprint density at radius 1 is 1.21 bits per heavy atom. The zero-order chi connectivity index (χ0) is 21.0. The molecular weight excluding hydrogens is 388 g/mol. The lowest BCUT2D eigenvalue weighted by Gasteiger charge is -2.27. The highest BCUT2D eigenvalue weighted by Crippen LogP contribution is 2.37. The van der Waals surface area contributed by atoms with Crippen molar-refractivity contribution < 1.29 is 9.59 Å². The maximum Gasteiger partial charge on any atom is 0.251 e. The summed E-state index contributed by atoms with van der Waals surface area (Å²) in [4.78, 5) is 26.3. The number of hydrogen-bond acceptors (Lipinski definition) is 4. The van der Waals surface area contributed by atoms with Gasteiger partial charge in [0, 0.05) is 19.2 Å². The zero-order valence-electron chi connectivity index (χ0n) is 16.4. The molecular formula is C22H23ClN4O2. The van der Waals surface area contributed by atoms with Crippen LogP contribution < -0.4 is 15.5 Å². The van der Waals surface area contributed by atoms with Crippen molar-refractivity contribution in [3.8, 4) is 17.2 Å². The van der Waals surface area contributed by atoms with Crippen LogP contribution in [0.3, 0.4) is 0 Å². The summed E-state index contributed by atoms with van der Waals surface area (Å²) in [5.41, 5.74) is 3.28. The Morgan fingerprint density at radius 2 is 1.90 bits per heavy atom. The van der Waals surface area contributed by atoms with Crippen LogP contribution in [0.25, 0.3) is 11.1 Å². The molecule has 6 nitrogen and oxygen atoms in total. The highest BCUT2D eigenvalue weighted by atomic mass is 35.5. The maximum absolute atomic E-state index is 12.5. The lowest BCUT2D eigenvalue weighted by molar-refractivity contribution is -0.122. The number of amides is 2. The topological polar surface area (TPSA) is 85.2 Å². The van der Waals surface area contributed by atoms with Crippen molar-refractivity contribution in [2.24, 2.45) is 5.92 Å². The number of nitrogens with one attached hydrogen (secondary N) is 2. The molecule has 1 aliphatic heterocycles. The minimum atomic E-state index is -0.360. The number of halogens is 1. The van der Waals surface area contributed by atoms with E-state index in [1.165, 1.54) is 0 Å². The fourth-order valence-corrected chi connectivity index (χ4v) is 3.90. The Bertz CT molecular complexity index is 952. The summed E-state index contributed by atoms with van der Waals surface area (Å²) in [6, 6.07) is 14.6. The van der Waals surface area contributed by atoms with Gasteiger partial charge in [0.2, 0.25) is 5.91 Å². The Balaban J connectivity index is 1.91. The van der Waals surface area contributed by atoms with E-state index in [1.807, 2.05) is 41.3 Å². The molecule has 0 saturated carbocycles. The van der Waals surface area contributed by atoms with E-state index in [0.29, 0.717) is 29.5 Å². The van der Waals surface area contributed by atoms with Crippen molar-refractivity contribution in [3.63, 3.8) is 0 Å². The molecule has 1 fully saturated rings. The van der Waals surface area contributed by atoms with Gasteiger partial charge < -0.3 is 15.5 Å². The van der Waals surface area contributed by atoms with Crippen LogP contribution in [0.5, 0.6) is 0 Å². The summed E-state index contributed by atoms with van der Waals surface area (Å²) in [7, 11) is 1.60. The number of hydrogen-bond donors (Lipinski definition) is 2. The van der Waals surface area contributed by atoms with E-state index < -0.39 is 0 Å². The minimum Gasteiger partial charge on any atom is -0.358 e. The number of rotatable bonds is 5. The number of benzene rings is 2. The SMILES string of the molecule is CNC(=O)c1ccc(-c2ccc(Cl)c(N3C[C@@H](C)C[C@H]3C(=O)NCC#N)c2)cc1. The van der Waals surface area contributed by atoms with Crippen LogP contribution in [0.2, 0.25) is 5.02 Å². The predicted octanol–water partition coefficient (Wildman–Crippen LogP) is 3.22. The highest BCUT2D eigenvalue weighted by molar-refractivity contribution is 6.33. The Hall–Kier alpha value is -3.04. The van der Waals surface area contributed by atoms with E-state index >= 15 is 0 Å². The zero-order valence-corrected chi connectivity index (χ0v) is 17.2. The van der Waals surface area contributed by atoms with Crippen LogP contribution in [-0.4, -0.2) is 38.0 Å². The van der Waals surface area contributed by atoms with Gasteiger partial charge in [-0.2, -0.15) is 5.26 Å². The summed E-state index contributed by atoms with van der Waals surface area (Å²) >= 11 is 6.49. The third-order valence-corrected chi connectivity index (χ3v) is 5.44. The lowest BCUT2D eigenvalue weighted by atomic mass is 10.0. The first-order valence-corrected chi connectivity index (χ1v) is 9.85. The van der Waals surface area contributed by atoms with Crippen LogP contribution in [0.1, 0.15) is 23.7 Å². The van der Waals surface area contributed by atoms with E-state index in [1.54, 1.807) is 19.2 Å². The van der Waals surface area contributed by atoms with Crippen LogP contribution in [0.15, 0.2) is 42.5 Å². The van der Waals surface area contributed by atoms with Gasteiger partial charge in [-0.1, -0.05) is 36.7 Å². The smallest absolute Gasteiger partial charge is 0.251 e. The van der Waals surface area contributed by atoms with E-state index in [2.05, 4.69) is 17.6 Å². The standard InChI is InChI=1S/C22H23ClN4O2/c1-14-11-20(22(29)26-10-9-24)27(13-14)19-12-17(7-8-18(19)23)15-3-5-16(6-4-15)21(28)25-2/h3-8,12,14,20H,10-11,13H2,1-2H3,(H,25,28)(H,26,29)/t14-,20-/m0/s1. The van der Waals surface area contributed by atoms with Crippen molar-refractivity contribution in [1.29, 1.82) is 5.26 Å². The van der Waals surface area contributed by atoms with Gasteiger partial charge in [0.05, 0.1) is 16.8 Å². The van der Waals surface area contributed by atoms with Crippen LogP contribution in [0, 0.1) is 17.2 Å². The van der Waals surface area contributed by atoms with Gasteiger partial charge in [-0.15, -0.1) is 0 Å². The first-order valence-electron chi connectivity index (χ1n) is 9.48. The van der Waals surface area contributed by atoms with Crippen molar-refractivity contribution in [3.05, 3.63) is 53.1 Å². The molecule has 1 aliphatic rings. The first kappa shape index (κ1) is 20.7. The summed E-state index contributed by atoms with van der Waals surface area (Å²) < 4.78 is 0. The lowest BCUT2D eigenvalue weighted by Crippen LogP contribution is -2.43. The summed E-state index contributed by atoms with van der Waals surface area (Å²) in [6.45, 7) is 2.80. The molecule has 2 N–H and O–H groups in total. The van der Waals surface area contributed by atoms with Crippen LogP contribution >= 0.6 is 11.6 Å². The Morgan fingerprint density at radius 3 is 2.55 bits per heavy atom. The second kappa shape index (κ2) is 8.97. The minimum absolute atomic E-state index is 0.0109. The largest absolute Gasteiger partial charge is 0.358 e. The fourth-order valence-electron chi connectivity index (χ4n) is 3.68. The third-order valence-electron chi connectivity index (χ3n) is 5.12. The second-order valence-corrected chi connectivity index (χ2v) is 7.61. The van der Waals surface area contributed by atoms with Crippen molar-refractivity contribution in [1.82, 2.24) is 10.6 Å². The first-order chi connectivity index (χ1) is 13.9. The second-order valence-electron chi connectivity index (χ2n) is 7.21. The molecule has 2 aromatic carbocycles. The van der Waals surface area contributed by atoms with E-state index in [0.717, 1.165) is 16.8 Å². The molecule has 7 heteroatoms. The summed E-state index contributed by atoms with van der Waals surface area (Å²) in [5, 5.41) is 14.6. The normalized spacial score (nSPS) is 18.2. The van der Waals surface area contributed by atoms with Gasteiger partial charge >= 0.3 is 0 Å². The molecule has 0 aliphatic carbocycles. The van der Waals surface area contributed by atoms with E-state index in [-0.39, 0.29) is 24.4 Å². The molecule has 29 heavy (non-hydrogen) atoms. The van der Waals surface area contributed by atoms with Gasteiger partial charge in [0.25, 0.3) is 5.91 Å². The Kier molecular flexibility index (Phi) is 6.40. The molecule has 2 amide bonds. The third kappa shape index (κ3) is 4.52. The molecule has 0 bridgehead atoms. The van der Waals surface area contributed by atoms with Gasteiger partial charge in [-0.3, -0.25) is 9.59 Å². The molecule has 150 valence electrons. The molecule has 0 radical (unpaired) electrons. The molecule has 0 aromatic heterocycles. The van der Waals surface area contributed by atoms with Gasteiger partial charge in [0.1, 0.15) is 12.6 Å². The van der Waals surface area contributed by atoms with Gasteiger partial charge in [0.15, 0.2) is 0 Å². The van der Waals surface area contributed by atoms with Crippen LogP contribution in [-0.2, 0) is 4.79 Å². The molecule has 2 atom stereocenters. The average Bonchev–Trinajstić information content (AvgIpc) is 3.13. The highest BCUT2D eigenvalue weighted by Gasteiger charge is 2.35. The molecule has 1 heterocycles. The molecule has 3 rings (SSSR count). The Labute approximate surface area is 175 Å². The summed E-state index contributed by atoms with van der Waals surface area (Å²) in [5.74, 6) is 0.0392. The number of nitrogens with zero attached hydrogens (tertiary/aromatic N) is 2. The maximum atomic E-state index is 12.5. The number of carbonyl (C=O) groups excluding carboxylic acids is 2. The molecule has 2 aromatic rings. The monoisotopic (exact) mass is 410 g/mol. The van der Waals surface area contributed by atoms with Crippen molar-refractivity contribution >= 4 is 29.1 Å². The molecule has 0 unspecified atom stereocenters. The van der Waals surface area contributed by atoms with Gasteiger partial charge in [-0.25, -0.2) is 0 Å². The van der Waals surface area contributed by atoms with E-state index in [9.17, 15) is 9.59 Å². The van der Waals surface area contributed by atoms with Gasteiger partial charge in [-0.05, 0) is 47.7 Å². The number of anilines is 1. The number of carbonyl (C=O) groups is 2. The average molecular weight is 411 g/mol. The van der Waals surface area contributed by atoms with Crippen molar-refractivity contribution in [2.45, 2.75) is 19.4 Å². The quantitative estimate of drug-likeness (QED) is 0.741. The number of nitriles is 1. The fraction of sp³-hybridized carbons (Fsp3) is 0.318. The van der Waals surface area contributed by atoms with Crippen molar-refractivity contribution in [2.75, 3.05) is 25.0 Å². The predicted molar refractivity (Wildman–Crippen MR) is 114 cm³/mol. The summed E-state index contributed by atoms with van der Waals surface area (Å²) in [6.07, 6.45) is 0.707.